The molecule has 0 bridgehead atoms. The largest absolute Gasteiger partial charge is 0.449 e. The van der Waals surface area contributed by atoms with Gasteiger partial charge in [-0.15, -0.1) is 0 Å². The van der Waals surface area contributed by atoms with Crippen LogP contribution >= 0.6 is 0 Å². The van der Waals surface area contributed by atoms with Gasteiger partial charge in [-0.1, -0.05) is 140 Å². The van der Waals surface area contributed by atoms with Crippen LogP contribution in [0.15, 0.2) is 170 Å². The maximum Gasteiger partial charge on any atom is 0.178 e. The summed E-state index contributed by atoms with van der Waals surface area (Å²) in [6.45, 7) is 2.06. The first-order chi connectivity index (χ1) is 24.6. The molecule has 0 saturated heterocycles. The molecular formula is C45H39N3O2. The average Bonchev–Trinajstić information content (AvgIpc) is 3.49. The fraction of sp³-hybridized carbons (Fsp3) is 0.0667. The van der Waals surface area contributed by atoms with E-state index >= 15 is 0 Å². The number of fused-ring (bicyclic) bond motifs is 6. The van der Waals surface area contributed by atoms with Gasteiger partial charge in [0.1, 0.15) is 0 Å². The van der Waals surface area contributed by atoms with Crippen molar-refractivity contribution >= 4 is 11.9 Å². The lowest BCUT2D eigenvalue weighted by Crippen LogP contribution is -2.28. The lowest BCUT2D eigenvalue weighted by Gasteiger charge is -2.34. The molecule has 6 aromatic rings. The molecule has 0 spiro atoms. The molecule has 0 amide bonds. The van der Waals surface area contributed by atoms with Gasteiger partial charge in [-0.05, 0) is 83.3 Å². The van der Waals surface area contributed by atoms with Crippen LogP contribution < -0.4 is 15.2 Å². The summed E-state index contributed by atoms with van der Waals surface area (Å²) >= 11 is 0. The molecular weight excluding hydrogens is 615 g/mol. The van der Waals surface area contributed by atoms with Gasteiger partial charge in [0, 0.05) is 11.8 Å². The van der Waals surface area contributed by atoms with Crippen molar-refractivity contribution in [3.8, 4) is 34.1 Å². The van der Waals surface area contributed by atoms with Gasteiger partial charge in [0.25, 0.3) is 0 Å². The standard InChI is InChI=1S/C32H22O2.C12H12N2.CH5N/c1-21-16-18-27-29(20-21)33-28-19-17-26-30(31(28)34-27)24-14-8-9-15-25(24)32(26,22-10-4-2-5-11-22)23-12-6-3-7-13-23;13-10-6-2-5-9-12(14)11-7-3-1-4-8-11;1-2/h2-20H,1H3;1-10,13-14H;2H2,1H3/b;6-2-,9-5+,13-10?,14-12?;. The van der Waals surface area contributed by atoms with Crippen molar-refractivity contribution in [3.05, 3.63) is 203 Å². The van der Waals surface area contributed by atoms with Crippen LogP contribution in [0.1, 0.15) is 33.4 Å². The molecule has 0 aromatic heterocycles. The SMILES string of the molecule is CN.Cc1ccc2c(c1)Oc1ccc3c(c1O2)-c1ccccc1C3(c1ccccc1)c1ccccc1.N=C/C=C\C=C\C(=N)c1ccccc1. The van der Waals surface area contributed by atoms with E-state index in [9.17, 15) is 0 Å². The van der Waals surface area contributed by atoms with Gasteiger partial charge in [-0.3, -0.25) is 0 Å². The highest BCUT2D eigenvalue weighted by Gasteiger charge is 2.48. The molecule has 1 heterocycles. The van der Waals surface area contributed by atoms with Crippen LogP contribution in [0.5, 0.6) is 23.0 Å². The molecule has 1 aliphatic carbocycles. The Morgan fingerprint density at radius 1 is 0.600 bits per heavy atom. The van der Waals surface area contributed by atoms with Crippen LogP contribution in [0.4, 0.5) is 0 Å². The summed E-state index contributed by atoms with van der Waals surface area (Å²) in [5, 5.41) is 14.4. The second-order valence-corrected chi connectivity index (χ2v) is 11.7. The fourth-order valence-corrected chi connectivity index (χ4v) is 6.66. The highest BCUT2D eigenvalue weighted by Crippen LogP contribution is 2.62. The van der Waals surface area contributed by atoms with Gasteiger partial charge in [-0.25, -0.2) is 0 Å². The summed E-state index contributed by atoms with van der Waals surface area (Å²) in [4.78, 5) is 0. The second kappa shape index (κ2) is 15.3. The van der Waals surface area contributed by atoms with E-state index in [0.29, 0.717) is 5.71 Å². The molecule has 1 aliphatic heterocycles. The Balaban J connectivity index is 0.000000229. The lowest BCUT2D eigenvalue weighted by molar-refractivity contribution is 0.360. The van der Waals surface area contributed by atoms with E-state index in [0.717, 1.165) is 39.7 Å². The minimum Gasteiger partial charge on any atom is -0.449 e. The molecule has 50 heavy (non-hydrogen) atoms. The molecule has 5 heteroatoms. The molecule has 0 fully saturated rings. The zero-order valence-electron chi connectivity index (χ0n) is 28.1. The Morgan fingerprint density at radius 3 is 1.86 bits per heavy atom. The van der Waals surface area contributed by atoms with Crippen LogP contribution in [0, 0.1) is 17.7 Å². The summed E-state index contributed by atoms with van der Waals surface area (Å²) in [6, 6.07) is 50.2. The lowest BCUT2D eigenvalue weighted by atomic mass is 9.68. The summed E-state index contributed by atoms with van der Waals surface area (Å²) in [5.41, 5.74) is 13.8. The van der Waals surface area contributed by atoms with Crippen LogP contribution in [-0.4, -0.2) is 19.0 Å². The van der Waals surface area contributed by atoms with Gasteiger partial charge < -0.3 is 26.0 Å². The number of hydrogen-bond donors (Lipinski definition) is 3. The van der Waals surface area contributed by atoms with Crippen molar-refractivity contribution in [1.82, 2.24) is 0 Å². The predicted octanol–water partition coefficient (Wildman–Crippen LogP) is 10.6. The molecule has 0 unspecified atom stereocenters. The van der Waals surface area contributed by atoms with E-state index in [4.69, 9.17) is 20.3 Å². The van der Waals surface area contributed by atoms with Crippen molar-refractivity contribution in [1.29, 1.82) is 10.8 Å². The summed E-state index contributed by atoms with van der Waals surface area (Å²) in [7, 11) is 1.50. The highest BCUT2D eigenvalue weighted by atomic mass is 16.6. The Bertz CT molecular complexity index is 2130. The molecule has 4 N–H and O–H groups in total. The molecule has 246 valence electrons. The van der Waals surface area contributed by atoms with Gasteiger partial charge >= 0.3 is 0 Å². The predicted molar refractivity (Wildman–Crippen MR) is 206 cm³/mol. The molecule has 2 aliphatic rings. The van der Waals surface area contributed by atoms with E-state index in [1.165, 1.54) is 41.1 Å². The number of aryl methyl sites for hydroxylation is 1. The summed E-state index contributed by atoms with van der Waals surface area (Å²) in [6.07, 6.45) is 7.99. The van der Waals surface area contributed by atoms with Crippen LogP contribution in [0.25, 0.3) is 11.1 Å². The van der Waals surface area contributed by atoms with E-state index < -0.39 is 5.41 Å². The molecule has 6 aromatic carbocycles. The Hall–Kier alpha value is -6.30. The van der Waals surface area contributed by atoms with Crippen LogP contribution in [-0.2, 0) is 5.41 Å². The van der Waals surface area contributed by atoms with Crippen molar-refractivity contribution in [2.45, 2.75) is 12.3 Å². The average molecular weight is 654 g/mol. The normalized spacial score (nSPS) is 12.8. The van der Waals surface area contributed by atoms with E-state index in [-0.39, 0.29) is 0 Å². The third-order valence-electron chi connectivity index (χ3n) is 8.74. The highest BCUT2D eigenvalue weighted by molar-refractivity contribution is 6.06. The van der Waals surface area contributed by atoms with Crippen molar-refractivity contribution < 1.29 is 9.47 Å². The topological polar surface area (TPSA) is 92.2 Å². The van der Waals surface area contributed by atoms with E-state index in [2.05, 4.69) is 116 Å². The quantitative estimate of drug-likeness (QED) is 0.123. The number of rotatable bonds is 6. The van der Waals surface area contributed by atoms with Crippen LogP contribution in [0.2, 0.25) is 0 Å². The second-order valence-electron chi connectivity index (χ2n) is 11.7. The summed E-state index contributed by atoms with van der Waals surface area (Å²) < 4.78 is 12.9. The Morgan fingerprint density at radius 2 is 1.20 bits per heavy atom. The van der Waals surface area contributed by atoms with Gasteiger partial charge in [0.15, 0.2) is 23.0 Å². The van der Waals surface area contributed by atoms with Gasteiger partial charge in [0.05, 0.1) is 11.1 Å². The zero-order valence-corrected chi connectivity index (χ0v) is 28.1. The van der Waals surface area contributed by atoms with Gasteiger partial charge in [0.2, 0.25) is 0 Å². The molecule has 0 atom stereocenters. The maximum absolute atomic E-state index is 7.69. The smallest absolute Gasteiger partial charge is 0.178 e. The minimum atomic E-state index is -0.444. The molecule has 0 radical (unpaired) electrons. The van der Waals surface area contributed by atoms with E-state index in [1.54, 1.807) is 24.3 Å². The number of ether oxygens (including phenoxy) is 2. The number of allylic oxidation sites excluding steroid dienone is 4. The number of nitrogens with one attached hydrogen (secondary N) is 2. The van der Waals surface area contributed by atoms with Crippen molar-refractivity contribution in [2.75, 3.05) is 7.05 Å². The number of benzene rings is 6. The Labute approximate surface area is 294 Å². The molecule has 0 saturated carbocycles. The van der Waals surface area contributed by atoms with E-state index in [1.807, 2.05) is 42.5 Å². The van der Waals surface area contributed by atoms with Crippen molar-refractivity contribution in [2.24, 2.45) is 5.73 Å². The Kier molecular flexibility index (Phi) is 10.3. The number of nitrogens with two attached hydrogens (primary N) is 1. The third-order valence-corrected chi connectivity index (χ3v) is 8.74. The summed E-state index contributed by atoms with van der Waals surface area (Å²) in [5.74, 6) is 3.05. The number of hydrogen-bond acceptors (Lipinski definition) is 5. The first kappa shape index (κ1) is 33.6. The van der Waals surface area contributed by atoms with Gasteiger partial charge in [-0.2, -0.15) is 0 Å². The first-order valence-electron chi connectivity index (χ1n) is 16.5. The first-order valence-corrected chi connectivity index (χ1v) is 16.5. The zero-order chi connectivity index (χ0) is 34.9. The third kappa shape index (κ3) is 6.30. The molecule has 8 rings (SSSR count). The molecule has 5 nitrogen and oxygen atoms in total. The fourth-order valence-electron chi connectivity index (χ4n) is 6.66. The van der Waals surface area contributed by atoms with Crippen molar-refractivity contribution in [3.63, 3.8) is 0 Å². The maximum atomic E-state index is 7.69. The minimum absolute atomic E-state index is 0.444. The van der Waals surface area contributed by atoms with Crippen LogP contribution in [0.3, 0.4) is 0 Å². The monoisotopic (exact) mass is 653 g/mol.